The van der Waals surface area contributed by atoms with E-state index >= 15 is 0 Å². The van der Waals surface area contributed by atoms with E-state index in [0.29, 0.717) is 0 Å². The maximum absolute atomic E-state index is 12.2. The van der Waals surface area contributed by atoms with Crippen LogP contribution in [0.3, 0.4) is 0 Å². The first-order chi connectivity index (χ1) is 9.74. The van der Waals surface area contributed by atoms with Gasteiger partial charge < -0.3 is 4.90 Å². The Morgan fingerprint density at radius 1 is 1.30 bits per heavy atom. The van der Waals surface area contributed by atoms with Gasteiger partial charge in [0, 0.05) is 28.5 Å². The fourth-order valence-corrected chi connectivity index (χ4v) is 3.62. The van der Waals surface area contributed by atoms with Crippen molar-refractivity contribution in [3.63, 3.8) is 0 Å². The summed E-state index contributed by atoms with van der Waals surface area (Å²) in [4.78, 5) is 15.6. The highest BCUT2D eigenvalue weighted by Crippen LogP contribution is 2.24. The average Bonchev–Trinajstić information content (AvgIpc) is 2.93. The third kappa shape index (κ3) is 2.86. The Balaban J connectivity index is 1.70. The van der Waals surface area contributed by atoms with E-state index in [4.69, 9.17) is 0 Å². The van der Waals surface area contributed by atoms with E-state index in [9.17, 15) is 4.79 Å². The molecule has 0 bridgehead atoms. The van der Waals surface area contributed by atoms with Gasteiger partial charge in [-0.1, -0.05) is 34.1 Å². The van der Waals surface area contributed by atoms with Gasteiger partial charge in [0.15, 0.2) is 0 Å². The molecule has 20 heavy (non-hydrogen) atoms. The SMILES string of the molecule is O=C(C=Cc1ccccc1Br)N1CCc2sccc2C1. The number of nitrogens with zero attached hydrogens (tertiary/aromatic N) is 1. The van der Waals surface area contributed by atoms with Gasteiger partial charge >= 0.3 is 0 Å². The molecule has 1 aliphatic rings. The number of thiophene rings is 1. The molecule has 102 valence electrons. The van der Waals surface area contributed by atoms with E-state index in [2.05, 4.69) is 27.4 Å². The summed E-state index contributed by atoms with van der Waals surface area (Å²) in [6.07, 6.45) is 4.51. The molecule has 0 N–H and O–H groups in total. The van der Waals surface area contributed by atoms with Crippen LogP contribution in [0.25, 0.3) is 6.08 Å². The van der Waals surface area contributed by atoms with Crippen molar-refractivity contribution in [1.82, 2.24) is 4.90 Å². The van der Waals surface area contributed by atoms with Gasteiger partial charge in [-0.15, -0.1) is 11.3 Å². The highest BCUT2D eigenvalue weighted by Gasteiger charge is 2.19. The molecular weight excluding hydrogens is 334 g/mol. The molecule has 2 nitrogen and oxygen atoms in total. The van der Waals surface area contributed by atoms with Gasteiger partial charge in [0.2, 0.25) is 5.91 Å². The zero-order chi connectivity index (χ0) is 13.9. The number of carbonyl (C=O) groups excluding carboxylic acids is 1. The number of amides is 1. The van der Waals surface area contributed by atoms with E-state index < -0.39 is 0 Å². The van der Waals surface area contributed by atoms with E-state index in [-0.39, 0.29) is 5.91 Å². The molecule has 0 saturated heterocycles. The number of benzene rings is 1. The topological polar surface area (TPSA) is 20.3 Å². The minimum atomic E-state index is 0.0811. The molecule has 4 heteroatoms. The number of hydrogen-bond donors (Lipinski definition) is 0. The van der Waals surface area contributed by atoms with Crippen LogP contribution in [0.5, 0.6) is 0 Å². The first-order valence-corrected chi connectivity index (χ1v) is 8.18. The first-order valence-electron chi connectivity index (χ1n) is 6.51. The van der Waals surface area contributed by atoms with Crippen LogP contribution in [0.2, 0.25) is 0 Å². The molecule has 0 aliphatic carbocycles. The molecule has 0 unspecified atom stereocenters. The smallest absolute Gasteiger partial charge is 0.246 e. The summed E-state index contributed by atoms with van der Waals surface area (Å²) in [5, 5.41) is 2.11. The summed E-state index contributed by atoms with van der Waals surface area (Å²) < 4.78 is 1.00. The Bertz CT molecular complexity index is 662. The number of halogens is 1. The largest absolute Gasteiger partial charge is 0.334 e. The molecule has 2 heterocycles. The van der Waals surface area contributed by atoms with Crippen molar-refractivity contribution in [2.45, 2.75) is 13.0 Å². The molecule has 0 spiro atoms. The van der Waals surface area contributed by atoms with Crippen LogP contribution in [0, 0.1) is 0 Å². The standard InChI is InChI=1S/C16H14BrNOS/c17-14-4-2-1-3-12(14)5-6-16(19)18-9-7-15-13(11-18)8-10-20-15/h1-6,8,10H,7,9,11H2. The Morgan fingerprint density at radius 3 is 3.00 bits per heavy atom. The zero-order valence-corrected chi connectivity index (χ0v) is 13.3. The molecule has 1 aliphatic heterocycles. The van der Waals surface area contributed by atoms with Crippen LogP contribution >= 0.6 is 27.3 Å². The Kier molecular flexibility index (Phi) is 4.03. The second kappa shape index (κ2) is 5.94. The monoisotopic (exact) mass is 347 g/mol. The summed E-state index contributed by atoms with van der Waals surface area (Å²) in [6.45, 7) is 1.55. The van der Waals surface area contributed by atoms with E-state index in [0.717, 1.165) is 29.5 Å². The lowest BCUT2D eigenvalue weighted by Gasteiger charge is -2.25. The molecule has 0 radical (unpaired) electrons. The highest BCUT2D eigenvalue weighted by atomic mass is 79.9. The number of fused-ring (bicyclic) bond motifs is 1. The third-order valence-electron chi connectivity index (χ3n) is 3.43. The Morgan fingerprint density at radius 2 is 2.15 bits per heavy atom. The summed E-state index contributed by atoms with van der Waals surface area (Å²) in [6, 6.07) is 10.0. The quantitative estimate of drug-likeness (QED) is 0.748. The number of hydrogen-bond acceptors (Lipinski definition) is 2. The molecular formula is C16H14BrNOS. The van der Waals surface area contributed by atoms with Crippen molar-refractivity contribution in [1.29, 1.82) is 0 Å². The van der Waals surface area contributed by atoms with Crippen molar-refractivity contribution in [3.05, 3.63) is 62.3 Å². The summed E-state index contributed by atoms with van der Waals surface area (Å²) in [7, 11) is 0. The normalized spacial score (nSPS) is 14.6. The van der Waals surface area contributed by atoms with Crippen molar-refractivity contribution >= 4 is 39.2 Å². The van der Waals surface area contributed by atoms with Crippen molar-refractivity contribution in [2.75, 3.05) is 6.54 Å². The predicted octanol–water partition coefficient (Wildman–Crippen LogP) is 4.11. The lowest BCUT2D eigenvalue weighted by molar-refractivity contribution is -0.126. The van der Waals surface area contributed by atoms with Crippen molar-refractivity contribution in [3.8, 4) is 0 Å². The van der Waals surface area contributed by atoms with Crippen molar-refractivity contribution < 1.29 is 4.79 Å². The second-order valence-electron chi connectivity index (χ2n) is 4.73. The molecule has 1 amide bonds. The van der Waals surface area contributed by atoms with Crippen LogP contribution in [0.4, 0.5) is 0 Å². The van der Waals surface area contributed by atoms with Gasteiger partial charge in [-0.2, -0.15) is 0 Å². The van der Waals surface area contributed by atoms with Gasteiger partial charge in [-0.3, -0.25) is 4.79 Å². The molecule has 0 fully saturated rings. The Hall–Kier alpha value is -1.39. The van der Waals surface area contributed by atoms with Crippen molar-refractivity contribution in [2.24, 2.45) is 0 Å². The number of rotatable bonds is 2. The second-order valence-corrected chi connectivity index (χ2v) is 6.59. The minimum absolute atomic E-state index is 0.0811. The van der Waals surface area contributed by atoms with E-state index in [1.54, 1.807) is 17.4 Å². The van der Waals surface area contributed by atoms with Gasteiger partial charge in [0.05, 0.1) is 0 Å². The highest BCUT2D eigenvalue weighted by molar-refractivity contribution is 9.10. The van der Waals surface area contributed by atoms with Crippen LogP contribution in [-0.4, -0.2) is 17.4 Å². The first kappa shape index (κ1) is 13.6. The molecule has 1 aromatic heterocycles. The van der Waals surface area contributed by atoms with Crippen LogP contribution < -0.4 is 0 Å². The summed E-state index contributed by atoms with van der Waals surface area (Å²) in [5.74, 6) is 0.0811. The fraction of sp³-hybridized carbons (Fsp3) is 0.188. The maximum atomic E-state index is 12.2. The van der Waals surface area contributed by atoms with Crippen LogP contribution in [-0.2, 0) is 17.8 Å². The van der Waals surface area contributed by atoms with Crippen LogP contribution in [0.1, 0.15) is 16.0 Å². The summed E-state index contributed by atoms with van der Waals surface area (Å²) in [5.41, 5.74) is 2.32. The van der Waals surface area contributed by atoms with Gasteiger partial charge in [0.25, 0.3) is 0 Å². The molecule has 1 aromatic carbocycles. The third-order valence-corrected chi connectivity index (χ3v) is 5.18. The predicted molar refractivity (Wildman–Crippen MR) is 86.6 cm³/mol. The minimum Gasteiger partial charge on any atom is -0.334 e. The fourth-order valence-electron chi connectivity index (χ4n) is 2.31. The van der Waals surface area contributed by atoms with E-state index in [1.165, 1.54) is 10.4 Å². The number of carbonyl (C=O) groups is 1. The molecule has 0 atom stereocenters. The lowest BCUT2D eigenvalue weighted by atomic mass is 10.1. The van der Waals surface area contributed by atoms with Gasteiger partial charge in [-0.25, -0.2) is 0 Å². The molecule has 0 saturated carbocycles. The van der Waals surface area contributed by atoms with Gasteiger partial charge in [0.1, 0.15) is 0 Å². The molecule has 3 rings (SSSR count). The lowest BCUT2D eigenvalue weighted by Crippen LogP contribution is -2.34. The van der Waals surface area contributed by atoms with E-state index in [1.807, 2.05) is 35.2 Å². The summed E-state index contributed by atoms with van der Waals surface area (Å²) >= 11 is 5.27. The Labute approximate surface area is 130 Å². The maximum Gasteiger partial charge on any atom is 0.246 e. The molecule has 2 aromatic rings. The van der Waals surface area contributed by atoms with Gasteiger partial charge in [-0.05, 0) is 41.1 Å². The average molecular weight is 348 g/mol. The van der Waals surface area contributed by atoms with Crippen LogP contribution in [0.15, 0.2) is 46.3 Å². The zero-order valence-electron chi connectivity index (χ0n) is 10.9.